The first-order valence-electron chi connectivity index (χ1n) is 5.26. The molecule has 0 aromatic carbocycles. The standard InChI is InChI=1S/C10H18N2O/c11-10(5-1-2-6-10)7-9(13)12-8-3-4-8/h8H,1-7,11H2,(H,12,13). The van der Waals surface area contributed by atoms with Crippen molar-refractivity contribution >= 4 is 5.91 Å². The first kappa shape index (κ1) is 9.00. The number of hydrogen-bond donors (Lipinski definition) is 2. The van der Waals surface area contributed by atoms with Crippen LogP contribution < -0.4 is 11.1 Å². The van der Waals surface area contributed by atoms with Crippen molar-refractivity contribution in [3.8, 4) is 0 Å². The van der Waals surface area contributed by atoms with Crippen molar-refractivity contribution in [3.63, 3.8) is 0 Å². The molecule has 2 aliphatic rings. The summed E-state index contributed by atoms with van der Waals surface area (Å²) in [5.41, 5.74) is 5.91. The van der Waals surface area contributed by atoms with Crippen LogP contribution in [0.4, 0.5) is 0 Å². The Morgan fingerprint density at radius 3 is 2.54 bits per heavy atom. The van der Waals surface area contributed by atoms with Gasteiger partial charge in [-0.25, -0.2) is 0 Å². The predicted octanol–water partition coefficient (Wildman–Crippen LogP) is 0.927. The number of carbonyl (C=O) groups is 1. The average molecular weight is 182 g/mol. The van der Waals surface area contributed by atoms with Crippen molar-refractivity contribution in [1.29, 1.82) is 0 Å². The lowest BCUT2D eigenvalue weighted by molar-refractivity contribution is -0.122. The van der Waals surface area contributed by atoms with Gasteiger partial charge >= 0.3 is 0 Å². The minimum atomic E-state index is -0.182. The maximum atomic E-state index is 11.5. The van der Waals surface area contributed by atoms with Crippen molar-refractivity contribution in [2.24, 2.45) is 5.73 Å². The van der Waals surface area contributed by atoms with Gasteiger partial charge in [-0.2, -0.15) is 0 Å². The van der Waals surface area contributed by atoms with Gasteiger partial charge in [0.15, 0.2) is 0 Å². The van der Waals surface area contributed by atoms with Gasteiger partial charge in [-0.05, 0) is 25.7 Å². The van der Waals surface area contributed by atoms with E-state index < -0.39 is 0 Å². The third kappa shape index (κ3) is 2.44. The molecule has 0 aromatic rings. The fraction of sp³-hybridized carbons (Fsp3) is 0.900. The molecule has 0 aliphatic heterocycles. The third-order valence-electron chi connectivity index (χ3n) is 3.05. The summed E-state index contributed by atoms with van der Waals surface area (Å²) in [5.74, 6) is 0.159. The lowest BCUT2D eigenvalue weighted by Gasteiger charge is -2.22. The molecule has 74 valence electrons. The van der Waals surface area contributed by atoms with E-state index in [1.54, 1.807) is 0 Å². The van der Waals surface area contributed by atoms with Gasteiger partial charge in [-0.1, -0.05) is 12.8 Å². The van der Waals surface area contributed by atoms with Crippen LogP contribution in [-0.2, 0) is 4.79 Å². The third-order valence-corrected chi connectivity index (χ3v) is 3.05. The van der Waals surface area contributed by atoms with Crippen molar-refractivity contribution in [2.45, 2.75) is 56.5 Å². The van der Waals surface area contributed by atoms with Gasteiger partial charge in [-0.15, -0.1) is 0 Å². The largest absolute Gasteiger partial charge is 0.353 e. The van der Waals surface area contributed by atoms with Crippen LogP contribution in [0.15, 0.2) is 0 Å². The molecule has 0 heterocycles. The molecule has 0 unspecified atom stereocenters. The fourth-order valence-corrected chi connectivity index (χ4v) is 2.08. The van der Waals surface area contributed by atoms with E-state index in [9.17, 15) is 4.79 Å². The second kappa shape index (κ2) is 3.29. The molecule has 0 radical (unpaired) electrons. The topological polar surface area (TPSA) is 55.1 Å². The Hall–Kier alpha value is -0.570. The van der Waals surface area contributed by atoms with Gasteiger partial charge in [0.05, 0.1) is 0 Å². The van der Waals surface area contributed by atoms with Crippen LogP contribution in [0.25, 0.3) is 0 Å². The quantitative estimate of drug-likeness (QED) is 0.682. The van der Waals surface area contributed by atoms with E-state index in [1.165, 1.54) is 12.8 Å². The maximum Gasteiger partial charge on any atom is 0.222 e. The van der Waals surface area contributed by atoms with E-state index in [1.807, 2.05) is 0 Å². The summed E-state index contributed by atoms with van der Waals surface area (Å²) in [6, 6.07) is 0.470. The molecule has 13 heavy (non-hydrogen) atoms. The Morgan fingerprint density at radius 1 is 1.38 bits per heavy atom. The first-order valence-corrected chi connectivity index (χ1v) is 5.26. The highest BCUT2D eigenvalue weighted by Crippen LogP contribution is 2.30. The number of nitrogens with one attached hydrogen (secondary N) is 1. The van der Waals surface area contributed by atoms with Crippen LogP contribution in [-0.4, -0.2) is 17.5 Å². The highest BCUT2D eigenvalue weighted by Gasteiger charge is 2.33. The average Bonchev–Trinajstić information content (AvgIpc) is 2.74. The summed E-state index contributed by atoms with van der Waals surface area (Å²) < 4.78 is 0. The molecule has 2 saturated carbocycles. The highest BCUT2D eigenvalue weighted by atomic mass is 16.1. The maximum absolute atomic E-state index is 11.5. The fourth-order valence-electron chi connectivity index (χ4n) is 2.08. The Morgan fingerprint density at radius 2 is 2.00 bits per heavy atom. The van der Waals surface area contributed by atoms with Crippen LogP contribution in [0, 0.1) is 0 Å². The molecule has 0 spiro atoms. The zero-order valence-corrected chi connectivity index (χ0v) is 8.01. The van der Waals surface area contributed by atoms with E-state index in [0.717, 1.165) is 25.7 Å². The molecule has 3 heteroatoms. The van der Waals surface area contributed by atoms with Crippen molar-refractivity contribution < 1.29 is 4.79 Å². The number of nitrogens with two attached hydrogens (primary N) is 1. The van der Waals surface area contributed by atoms with Crippen LogP contribution in [0.5, 0.6) is 0 Å². The normalized spacial score (nSPS) is 25.9. The number of amides is 1. The Bertz CT molecular complexity index is 205. The smallest absolute Gasteiger partial charge is 0.222 e. The van der Waals surface area contributed by atoms with Gasteiger partial charge < -0.3 is 11.1 Å². The van der Waals surface area contributed by atoms with Crippen molar-refractivity contribution in [3.05, 3.63) is 0 Å². The summed E-state index contributed by atoms with van der Waals surface area (Å²) in [5, 5.41) is 2.99. The van der Waals surface area contributed by atoms with Gasteiger partial charge in [0, 0.05) is 18.0 Å². The molecule has 2 aliphatic carbocycles. The summed E-state index contributed by atoms with van der Waals surface area (Å²) in [6.45, 7) is 0. The summed E-state index contributed by atoms with van der Waals surface area (Å²) in [6.07, 6.45) is 7.26. The van der Waals surface area contributed by atoms with Gasteiger partial charge in [0.1, 0.15) is 0 Å². The SMILES string of the molecule is NC1(CC(=O)NC2CC2)CCCC1. The minimum absolute atomic E-state index is 0.159. The Balaban J connectivity index is 1.77. The summed E-state index contributed by atoms with van der Waals surface area (Å²) in [7, 11) is 0. The molecular formula is C10H18N2O. The minimum Gasteiger partial charge on any atom is -0.353 e. The first-order chi connectivity index (χ1) is 6.18. The van der Waals surface area contributed by atoms with Crippen LogP contribution >= 0.6 is 0 Å². The summed E-state index contributed by atoms with van der Waals surface area (Å²) >= 11 is 0. The van der Waals surface area contributed by atoms with Crippen molar-refractivity contribution in [2.75, 3.05) is 0 Å². The zero-order valence-electron chi connectivity index (χ0n) is 8.01. The molecule has 0 bridgehead atoms. The van der Waals surface area contributed by atoms with Crippen LogP contribution in [0.2, 0.25) is 0 Å². The van der Waals surface area contributed by atoms with Gasteiger partial charge in [0.25, 0.3) is 0 Å². The number of hydrogen-bond acceptors (Lipinski definition) is 2. The second-order valence-electron chi connectivity index (χ2n) is 4.59. The predicted molar refractivity (Wildman–Crippen MR) is 51.2 cm³/mol. The molecule has 3 N–H and O–H groups in total. The van der Waals surface area contributed by atoms with Crippen molar-refractivity contribution in [1.82, 2.24) is 5.32 Å². The van der Waals surface area contributed by atoms with E-state index in [2.05, 4.69) is 5.32 Å². The monoisotopic (exact) mass is 182 g/mol. The molecule has 3 nitrogen and oxygen atoms in total. The zero-order chi connectivity index (χ0) is 9.31. The Labute approximate surface area is 79.1 Å². The van der Waals surface area contributed by atoms with Gasteiger partial charge in [0.2, 0.25) is 5.91 Å². The Kier molecular flexibility index (Phi) is 2.28. The van der Waals surface area contributed by atoms with Crippen LogP contribution in [0.1, 0.15) is 44.9 Å². The van der Waals surface area contributed by atoms with E-state index in [0.29, 0.717) is 12.5 Å². The van der Waals surface area contributed by atoms with Gasteiger partial charge in [-0.3, -0.25) is 4.79 Å². The van der Waals surface area contributed by atoms with Crippen LogP contribution in [0.3, 0.4) is 0 Å². The molecule has 0 atom stereocenters. The summed E-state index contributed by atoms with van der Waals surface area (Å²) in [4.78, 5) is 11.5. The second-order valence-corrected chi connectivity index (χ2v) is 4.59. The molecule has 1 amide bonds. The van der Waals surface area contributed by atoms with E-state index in [4.69, 9.17) is 5.73 Å². The lowest BCUT2D eigenvalue weighted by Crippen LogP contribution is -2.42. The molecule has 2 rings (SSSR count). The molecular weight excluding hydrogens is 164 g/mol. The lowest BCUT2D eigenvalue weighted by atomic mass is 9.94. The van der Waals surface area contributed by atoms with E-state index >= 15 is 0 Å². The molecule has 0 saturated heterocycles. The van der Waals surface area contributed by atoms with E-state index in [-0.39, 0.29) is 11.4 Å². The highest BCUT2D eigenvalue weighted by molar-refractivity contribution is 5.77. The number of carbonyl (C=O) groups excluding carboxylic acids is 1. The molecule has 0 aromatic heterocycles. The number of rotatable bonds is 3. The molecule has 2 fully saturated rings.